The zero-order valence-electron chi connectivity index (χ0n) is 9.95. The molecule has 17 heavy (non-hydrogen) atoms. The molecule has 1 saturated carbocycles. The number of hydrogen-bond donors (Lipinski definition) is 1. The lowest BCUT2D eigenvalue weighted by Crippen LogP contribution is -2.07. The zero-order valence-corrected chi connectivity index (χ0v) is 10.8. The standard InChI is InChI=1S/C13H16N2OS/c1-8-14-12(16)10-7-11(17-13(10)15-8)9-5-3-2-4-6-9/h7,9H,2-6H2,1H3,(H,14,15,16). The molecule has 1 N–H and O–H groups in total. The molecule has 0 radical (unpaired) electrons. The van der Waals surface area contributed by atoms with Crippen molar-refractivity contribution in [2.45, 2.75) is 44.9 Å². The summed E-state index contributed by atoms with van der Waals surface area (Å²) in [5.74, 6) is 1.36. The third-order valence-corrected chi connectivity index (χ3v) is 4.74. The maximum Gasteiger partial charge on any atom is 0.259 e. The number of hydrogen-bond acceptors (Lipinski definition) is 3. The highest BCUT2D eigenvalue weighted by atomic mass is 32.1. The average Bonchev–Trinajstić information content (AvgIpc) is 2.74. The monoisotopic (exact) mass is 248 g/mol. The van der Waals surface area contributed by atoms with Gasteiger partial charge in [0.2, 0.25) is 0 Å². The highest BCUT2D eigenvalue weighted by Gasteiger charge is 2.19. The van der Waals surface area contributed by atoms with E-state index in [1.54, 1.807) is 11.3 Å². The highest BCUT2D eigenvalue weighted by molar-refractivity contribution is 7.18. The van der Waals surface area contributed by atoms with Crippen molar-refractivity contribution in [2.24, 2.45) is 0 Å². The van der Waals surface area contributed by atoms with Gasteiger partial charge in [0.05, 0.1) is 5.39 Å². The van der Waals surface area contributed by atoms with Crippen LogP contribution in [-0.2, 0) is 0 Å². The van der Waals surface area contributed by atoms with Gasteiger partial charge in [-0.3, -0.25) is 4.79 Å². The largest absolute Gasteiger partial charge is 0.310 e. The van der Waals surface area contributed by atoms with Gasteiger partial charge >= 0.3 is 0 Å². The Morgan fingerprint density at radius 2 is 2.12 bits per heavy atom. The fourth-order valence-electron chi connectivity index (χ4n) is 2.65. The van der Waals surface area contributed by atoms with Crippen LogP contribution in [0, 0.1) is 6.92 Å². The number of aromatic amines is 1. The van der Waals surface area contributed by atoms with Crippen molar-refractivity contribution in [2.75, 3.05) is 0 Å². The van der Waals surface area contributed by atoms with E-state index in [1.807, 2.05) is 6.92 Å². The molecule has 2 aromatic heterocycles. The van der Waals surface area contributed by atoms with Crippen molar-refractivity contribution < 1.29 is 0 Å². The summed E-state index contributed by atoms with van der Waals surface area (Å²) in [6.07, 6.45) is 6.54. The molecule has 0 aromatic carbocycles. The van der Waals surface area contributed by atoms with E-state index in [0.717, 1.165) is 10.2 Å². The molecule has 1 aliphatic rings. The summed E-state index contributed by atoms with van der Waals surface area (Å²) in [7, 11) is 0. The first-order chi connectivity index (χ1) is 8.24. The molecule has 0 bridgehead atoms. The number of aryl methyl sites for hydroxylation is 1. The van der Waals surface area contributed by atoms with Crippen LogP contribution in [0.15, 0.2) is 10.9 Å². The summed E-state index contributed by atoms with van der Waals surface area (Å²) in [5.41, 5.74) is 0.00538. The molecular formula is C13H16N2OS. The number of aromatic nitrogens is 2. The van der Waals surface area contributed by atoms with Crippen molar-refractivity contribution >= 4 is 21.6 Å². The molecule has 0 unspecified atom stereocenters. The topological polar surface area (TPSA) is 45.8 Å². The summed E-state index contributed by atoms with van der Waals surface area (Å²) in [6, 6.07) is 2.06. The van der Waals surface area contributed by atoms with E-state index >= 15 is 0 Å². The Balaban J connectivity index is 2.06. The molecular weight excluding hydrogens is 232 g/mol. The molecule has 0 saturated heterocycles. The Morgan fingerprint density at radius 3 is 2.88 bits per heavy atom. The average molecular weight is 248 g/mol. The maximum atomic E-state index is 11.8. The number of nitrogens with one attached hydrogen (secondary N) is 1. The third kappa shape index (κ3) is 2.02. The van der Waals surface area contributed by atoms with Gasteiger partial charge in [0.1, 0.15) is 10.7 Å². The van der Waals surface area contributed by atoms with E-state index in [2.05, 4.69) is 16.0 Å². The summed E-state index contributed by atoms with van der Waals surface area (Å²) < 4.78 is 0. The Labute approximate surface area is 104 Å². The first kappa shape index (κ1) is 11.0. The Kier molecular flexibility index (Phi) is 2.74. The molecule has 1 fully saturated rings. The van der Waals surface area contributed by atoms with E-state index in [9.17, 15) is 4.79 Å². The number of fused-ring (bicyclic) bond motifs is 1. The van der Waals surface area contributed by atoms with Crippen molar-refractivity contribution in [1.82, 2.24) is 9.97 Å². The normalized spacial score (nSPS) is 17.7. The minimum atomic E-state index is 0.00538. The van der Waals surface area contributed by atoms with Gasteiger partial charge in [0.15, 0.2) is 0 Å². The smallest absolute Gasteiger partial charge is 0.259 e. The van der Waals surface area contributed by atoms with Crippen LogP contribution < -0.4 is 5.56 Å². The van der Waals surface area contributed by atoms with Gasteiger partial charge in [0, 0.05) is 4.88 Å². The van der Waals surface area contributed by atoms with Crippen LogP contribution in [0.4, 0.5) is 0 Å². The van der Waals surface area contributed by atoms with Crippen LogP contribution in [0.1, 0.15) is 48.7 Å². The summed E-state index contributed by atoms with van der Waals surface area (Å²) >= 11 is 1.70. The molecule has 0 atom stereocenters. The second-order valence-corrected chi connectivity index (χ2v) is 5.92. The molecule has 2 heterocycles. The quantitative estimate of drug-likeness (QED) is 0.841. The van der Waals surface area contributed by atoms with Gasteiger partial charge in [-0.05, 0) is 31.7 Å². The van der Waals surface area contributed by atoms with E-state index in [0.29, 0.717) is 11.7 Å². The zero-order chi connectivity index (χ0) is 11.8. The Bertz CT molecular complexity index is 593. The number of rotatable bonds is 1. The van der Waals surface area contributed by atoms with E-state index < -0.39 is 0 Å². The highest BCUT2D eigenvalue weighted by Crippen LogP contribution is 2.37. The first-order valence-corrected chi connectivity index (χ1v) is 7.06. The third-order valence-electron chi connectivity index (χ3n) is 3.55. The molecule has 1 aliphatic carbocycles. The molecule has 90 valence electrons. The second kappa shape index (κ2) is 4.26. The number of H-pyrrole nitrogens is 1. The van der Waals surface area contributed by atoms with Gasteiger partial charge in [-0.15, -0.1) is 11.3 Å². The number of thiophene rings is 1. The lowest BCUT2D eigenvalue weighted by atomic mass is 9.88. The molecule has 3 rings (SSSR count). The van der Waals surface area contributed by atoms with Crippen LogP contribution in [0.3, 0.4) is 0 Å². The van der Waals surface area contributed by atoms with Crippen molar-refractivity contribution in [1.29, 1.82) is 0 Å². The lowest BCUT2D eigenvalue weighted by Gasteiger charge is -2.19. The number of nitrogens with zero attached hydrogens (tertiary/aromatic N) is 1. The molecule has 2 aromatic rings. The van der Waals surface area contributed by atoms with Gasteiger partial charge in [0.25, 0.3) is 5.56 Å². The fraction of sp³-hybridized carbons (Fsp3) is 0.538. The van der Waals surface area contributed by atoms with Crippen LogP contribution in [0.25, 0.3) is 10.2 Å². The van der Waals surface area contributed by atoms with E-state index in [1.165, 1.54) is 37.0 Å². The predicted octanol–water partition coefficient (Wildman–Crippen LogP) is 3.34. The first-order valence-electron chi connectivity index (χ1n) is 6.24. The van der Waals surface area contributed by atoms with Crippen molar-refractivity contribution in [3.05, 3.63) is 27.1 Å². The molecule has 0 amide bonds. The minimum absolute atomic E-state index is 0.00538. The molecule has 4 heteroatoms. The molecule has 3 nitrogen and oxygen atoms in total. The summed E-state index contributed by atoms with van der Waals surface area (Å²) in [5, 5.41) is 0.765. The maximum absolute atomic E-state index is 11.8. The minimum Gasteiger partial charge on any atom is -0.310 e. The predicted molar refractivity (Wildman–Crippen MR) is 70.8 cm³/mol. The second-order valence-electron chi connectivity index (χ2n) is 4.85. The van der Waals surface area contributed by atoms with E-state index in [4.69, 9.17) is 0 Å². The van der Waals surface area contributed by atoms with Crippen molar-refractivity contribution in [3.63, 3.8) is 0 Å². The molecule has 0 spiro atoms. The molecule has 0 aliphatic heterocycles. The van der Waals surface area contributed by atoms with Crippen LogP contribution in [0.5, 0.6) is 0 Å². The lowest BCUT2D eigenvalue weighted by molar-refractivity contribution is 0.448. The fourth-order valence-corrected chi connectivity index (χ4v) is 3.89. The van der Waals surface area contributed by atoms with Gasteiger partial charge in [-0.25, -0.2) is 4.98 Å². The Hall–Kier alpha value is -1.16. The van der Waals surface area contributed by atoms with Gasteiger partial charge < -0.3 is 4.98 Å². The SMILES string of the molecule is Cc1nc2sc(C3CCCCC3)cc2c(=O)[nH]1. The Morgan fingerprint density at radius 1 is 1.35 bits per heavy atom. The van der Waals surface area contributed by atoms with E-state index in [-0.39, 0.29) is 5.56 Å². The van der Waals surface area contributed by atoms with Crippen LogP contribution in [0.2, 0.25) is 0 Å². The van der Waals surface area contributed by atoms with Gasteiger partial charge in [-0.2, -0.15) is 0 Å². The van der Waals surface area contributed by atoms with Crippen LogP contribution in [-0.4, -0.2) is 9.97 Å². The summed E-state index contributed by atoms with van der Waals surface area (Å²) in [6.45, 7) is 1.83. The summed E-state index contributed by atoms with van der Waals surface area (Å²) in [4.78, 5) is 21.2. The van der Waals surface area contributed by atoms with Crippen LogP contribution >= 0.6 is 11.3 Å². The van der Waals surface area contributed by atoms with Gasteiger partial charge in [-0.1, -0.05) is 19.3 Å². The van der Waals surface area contributed by atoms with Crippen molar-refractivity contribution in [3.8, 4) is 0 Å².